The van der Waals surface area contributed by atoms with Crippen LogP contribution in [0.5, 0.6) is 5.75 Å². The van der Waals surface area contributed by atoms with E-state index in [0.717, 1.165) is 0 Å². The fourth-order valence-electron chi connectivity index (χ4n) is 1.14. The van der Waals surface area contributed by atoms with Gasteiger partial charge in [0.15, 0.2) is 0 Å². The highest BCUT2D eigenvalue weighted by atomic mass is 16.3. The molecule has 17 heavy (non-hydrogen) atoms. The Bertz CT molecular complexity index is 456. The van der Waals surface area contributed by atoms with Gasteiger partial charge >= 0.3 is 0 Å². The van der Waals surface area contributed by atoms with Crippen molar-refractivity contribution in [2.45, 2.75) is 13.5 Å². The minimum Gasteiger partial charge on any atom is -0.505 e. The van der Waals surface area contributed by atoms with Gasteiger partial charge in [-0.3, -0.25) is 9.98 Å². The Morgan fingerprint density at radius 3 is 2.94 bits per heavy atom. The van der Waals surface area contributed by atoms with Crippen molar-refractivity contribution in [3.8, 4) is 5.75 Å². The highest BCUT2D eigenvalue weighted by Crippen LogP contribution is 2.21. The van der Waals surface area contributed by atoms with E-state index in [9.17, 15) is 5.11 Å². The number of rotatable bonds is 3. The first-order valence-electron chi connectivity index (χ1n) is 4.89. The summed E-state index contributed by atoms with van der Waals surface area (Å²) in [7, 11) is 1.52. The van der Waals surface area contributed by atoms with E-state index in [1.165, 1.54) is 19.5 Å². The molecule has 0 aliphatic rings. The van der Waals surface area contributed by atoms with E-state index in [-0.39, 0.29) is 18.3 Å². The molecule has 1 heterocycles. The summed E-state index contributed by atoms with van der Waals surface area (Å²) >= 11 is 0. The van der Waals surface area contributed by atoms with Crippen LogP contribution in [0, 0.1) is 6.92 Å². The summed E-state index contributed by atoms with van der Waals surface area (Å²) in [5.41, 5.74) is 9.18. The fourth-order valence-corrected chi connectivity index (χ4v) is 1.14. The molecule has 0 saturated heterocycles. The van der Waals surface area contributed by atoms with Gasteiger partial charge in [-0.15, -0.1) is 0 Å². The molecule has 0 radical (unpaired) electrons. The average molecular weight is 237 g/mol. The molecule has 0 aromatic carbocycles. The lowest BCUT2D eigenvalue weighted by Crippen LogP contribution is -2.26. The Morgan fingerprint density at radius 1 is 1.65 bits per heavy atom. The molecule has 7 heteroatoms. The number of nitrogens with one attached hydrogen (secondary N) is 1. The number of aryl methyl sites for hydroxylation is 1. The zero-order chi connectivity index (χ0) is 12.8. The van der Waals surface area contributed by atoms with Gasteiger partial charge in [-0.1, -0.05) is 0 Å². The normalized spacial score (nSPS) is 12.1. The monoisotopic (exact) mass is 237 g/mol. The van der Waals surface area contributed by atoms with Gasteiger partial charge < -0.3 is 15.9 Å². The summed E-state index contributed by atoms with van der Waals surface area (Å²) in [6.45, 7) is 1.42. The van der Waals surface area contributed by atoms with E-state index >= 15 is 0 Å². The molecule has 0 aliphatic carbocycles. The Labute approximate surface area is 98.7 Å². The number of aromatic hydroxyl groups is 1. The van der Waals surface area contributed by atoms with Crippen LogP contribution in [0.4, 0.5) is 0 Å². The van der Waals surface area contributed by atoms with Gasteiger partial charge in [-0.05, 0) is 6.92 Å². The third-order valence-corrected chi connectivity index (χ3v) is 2.14. The lowest BCUT2D eigenvalue weighted by atomic mass is 10.1. The number of nitrogens with two attached hydrogens (primary N) is 1. The number of hydrogen-bond acceptors (Lipinski definition) is 5. The SMILES string of the molecule is CN=C(N)N/N=C/c1c(CO)cnc(C)c1O. The quantitative estimate of drug-likeness (QED) is 0.320. The van der Waals surface area contributed by atoms with Crippen LogP contribution < -0.4 is 11.2 Å². The minimum atomic E-state index is -0.237. The van der Waals surface area contributed by atoms with Crippen molar-refractivity contribution in [1.29, 1.82) is 0 Å². The third kappa shape index (κ3) is 3.15. The van der Waals surface area contributed by atoms with Crippen molar-refractivity contribution < 1.29 is 10.2 Å². The predicted octanol–water partition coefficient (Wildman–Crippen LogP) is -0.544. The van der Waals surface area contributed by atoms with Crippen LogP contribution in [0.3, 0.4) is 0 Å². The van der Waals surface area contributed by atoms with Crippen LogP contribution in [0.1, 0.15) is 16.8 Å². The van der Waals surface area contributed by atoms with Crippen LogP contribution in [0.2, 0.25) is 0 Å². The minimum absolute atomic E-state index is 0.0193. The van der Waals surface area contributed by atoms with E-state index < -0.39 is 0 Å². The van der Waals surface area contributed by atoms with E-state index in [2.05, 4.69) is 20.5 Å². The highest BCUT2D eigenvalue weighted by molar-refractivity contribution is 5.87. The molecular weight excluding hydrogens is 222 g/mol. The molecule has 0 amide bonds. The van der Waals surface area contributed by atoms with E-state index in [0.29, 0.717) is 16.8 Å². The molecule has 0 fully saturated rings. The molecule has 1 aromatic rings. The molecule has 7 nitrogen and oxygen atoms in total. The second-order valence-corrected chi connectivity index (χ2v) is 3.27. The number of aliphatic imine (C=N–C) groups is 1. The Kier molecular flexibility index (Phi) is 4.41. The second-order valence-electron chi connectivity index (χ2n) is 3.27. The highest BCUT2D eigenvalue weighted by Gasteiger charge is 2.08. The van der Waals surface area contributed by atoms with Gasteiger partial charge in [-0.2, -0.15) is 5.10 Å². The first-order chi connectivity index (χ1) is 8.10. The number of aliphatic hydroxyl groups is 1. The molecule has 92 valence electrons. The van der Waals surface area contributed by atoms with E-state index in [1.54, 1.807) is 6.92 Å². The zero-order valence-corrected chi connectivity index (χ0v) is 9.68. The Morgan fingerprint density at radius 2 is 2.35 bits per heavy atom. The summed E-state index contributed by atoms with van der Waals surface area (Å²) in [6.07, 6.45) is 2.83. The molecule has 0 spiro atoms. The van der Waals surface area contributed by atoms with Crippen molar-refractivity contribution in [2.24, 2.45) is 15.8 Å². The predicted molar refractivity (Wildman–Crippen MR) is 64.8 cm³/mol. The van der Waals surface area contributed by atoms with Gasteiger partial charge in [0.25, 0.3) is 0 Å². The van der Waals surface area contributed by atoms with Gasteiger partial charge in [0.05, 0.1) is 18.5 Å². The van der Waals surface area contributed by atoms with Crippen LogP contribution in [-0.4, -0.2) is 34.4 Å². The lowest BCUT2D eigenvalue weighted by molar-refractivity contribution is 0.280. The van der Waals surface area contributed by atoms with Gasteiger partial charge in [0, 0.05) is 24.4 Å². The molecular formula is C10H15N5O2. The number of hydrazone groups is 1. The van der Waals surface area contributed by atoms with Gasteiger partial charge in [0.2, 0.25) is 5.96 Å². The number of pyridine rings is 1. The molecule has 0 bridgehead atoms. The van der Waals surface area contributed by atoms with E-state index in [4.69, 9.17) is 10.8 Å². The maximum Gasteiger partial charge on any atom is 0.209 e. The maximum atomic E-state index is 9.78. The smallest absolute Gasteiger partial charge is 0.209 e. The summed E-state index contributed by atoms with van der Waals surface area (Å²) < 4.78 is 0. The number of aliphatic hydroxyl groups excluding tert-OH is 1. The van der Waals surface area contributed by atoms with Crippen LogP contribution in [0.15, 0.2) is 16.3 Å². The summed E-state index contributed by atoms with van der Waals surface area (Å²) in [4.78, 5) is 7.58. The molecule has 0 atom stereocenters. The number of guanidine groups is 1. The summed E-state index contributed by atoms with van der Waals surface area (Å²) in [6, 6.07) is 0. The topological polar surface area (TPSA) is 116 Å². The Hall–Kier alpha value is -2.15. The molecule has 5 N–H and O–H groups in total. The number of nitrogens with zero attached hydrogens (tertiary/aromatic N) is 3. The van der Waals surface area contributed by atoms with Gasteiger partial charge in [-0.25, -0.2) is 5.43 Å². The second kappa shape index (κ2) is 5.80. The van der Waals surface area contributed by atoms with Crippen molar-refractivity contribution >= 4 is 12.2 Å². The standard InChI is InChI=1S/C10H15N5O2/c1-6-9(17)8(7(5-16)3-13-6)4-14-15-10(11)12-2/h3-4,16-17H,5H2,1-2H3,(H3,11,12,15)/b14-4+. The molecule has 1 rings (SSSR count). The third-order valence-electron chi connectivity index (χ3n) is 2.14. The van der Waals surface area contributed by atoms with Crippen molar-refractivity contribution in [3.63, 3.8) is 0 Å². The summed E-state index contributed by atoms with van der Waals surface area (Å²) in [5.74, 6) is 0.131. The van der Waals surface area contributed by atoms with Crippen LogP contribution in [-0.2, 0) is 6.61 Å². The summed E-state index contributed by atoms with van der Waals surface area (Å²) in [5, 5.41) is 22.7. The number of aromatic nitrogens is 1. The van der Waals surface area contributed by atoms with Gasteiger partial charge in [0.1, 0.15) is 5.75 Å². The largest absolute Gasteiger partial charge is 0.505 e. The molecule has 0 unspecified atom stereocenters. The lowest BCUT2D eigenvalue weighted by Gasteiger charge is -2.06. The molecule has 0 aliphatic heterocycles. The van der Waals surface area contributed by atoms with E-state index in [1.807, 2.05) is 0 Å². The maximum absolute atomic E-state index is 9.78. The van der Waals surface area contributed by atoms with Crippen molar-refractivity contribution in [3.05, 3.63) is 23.0 Å². The Balaban J connectivity index is 3.00. The van der Waals surface area contributed by atoms with Crippen molar-refractivity contribution in [2.75, 3.05) is 7.05 Å². The van der Waals surface area contributed by atoms with Crippen molar-refractivity contribution in [1.82, 2.24) is 10.4 Å². The average Bonchev–Trinajstić information content (AvgIpc) is 2.34. The number of hydrogen-bond donors (Lipinski definition) is 4. The fraction of sp³-hybridized carbons (Fsp3) is 0.300. The van der Waals surface area contributed by atoms with Crippen LogP contribution in [0.25, 0.3) is 0 Å². The molecule has 1 aromatic heterocycles. The zero-order valence-electron chi connectivity index (χ0n) is 9.68. The van der Waals surface area contributed by atoms with Crippen LogP contribution >= 0.6 is 0 Å². The first kappa shape index (κ1) is 12.9. The molecule has 0 saturated carbocycles. The first-order valence-corrected chi connectivity index (χ1v) is 4.89.